The number of ether oxygens (including phenoxy) is 1. The predicted octanol–water partition coefficient (Wildman–Crippen LogP) is 2.28. The number of hydrogen-bond donors (Lipinski definition) is 1. The van der Waals surface area contributed by atoms with Crippen molar-refractivity contribution in [2.24, 2.45) is 11.1 Å². The highest BCUT2D eigenvalue weighted by atomic mass is 16.5. The molecule has 0 bridgehead atoms. The van der Waals surface area contributed by atoms with Gasteiger partial charge in [0.25, 0.3) is 0 Å². The summed E-state index contributed by atoms with van der Waals surface area (Å²) in [6.45, 7) is 5.13. The summed E-state index contributed by atoms with van der Waals surface area (Å²) in [6.07, 6.45) is 0. The molecule has 82 valence electrons. The molecule has 15 heavy (non-hydrogen) atoms. The van der Waals surface area contributed by atoms with Crippen LogP contribution in [0.4, 0.5) is 0 Å². The van der Waals surface area contributed by atoms with Crippen LogP contribution in [0.25, 0.3) is 0 Å². The van der Waals surface area contributed by atoms with Gasteiger partial charge in [-0.05, 0) is 16.5 Å². The van der Waals surface area contributed by atoms with Crippen molar-refractivity contribution in [3.05, 3.63) is 35.4 Å². The van der Waals surface area contributed by atoms with Gasteiger partial charge < -0.3 is 10.5 Å². The summed E-state index contributed by atoms with van der Waals surface area (Å²) in [4.78, 5) is 0. The van der Waals surface area contributed by atoms with Gasteiger partial charge >= 0.3 is 0 Å². The third-order valence-electron chi connectivity index (χ3n) is 3.53. The van der Waals surface area contributed by atoms with Crippen molar-refractivity contribution in [1.29, 1.82) is 0 Å². The van der Waals surface area contributed by atoms with Crippen LogP contribution in [0.5, 0.6) is 0 Å². The lowest BCUT2D eigenvalue weighted by Gasteiger charge is -2.05. The van der Waals surface area contributed by atoms with Gasteiger partial charge in [-0.1, -0.05) is 38.1 Å². The minimum absolute atomic E-state index is 0.256. The lowest BCUT2D eigenvalue weighted by Crippen LogP contribution is -2.06. The Balaban J connectivity index is 2.20. The SMILES string of the molecule is COCc1cccc([C@@H]2[C@@H](N)C2(C)C)c1. The second-order valence-corrected chi connectivity index (χ2v) is 5.00. The molecule has 0 saturated heterocycles. The molecular formula is C13H19NO. The van der Waals surface area contributed by atoms with Gasteiger partial charge in [0.05, 0.1) is 6.61 Å². The number of nitrogens with two attached hydrogens (primary N) is 1. The Hall–Kier alpha value is -0.860. The van der Waals surface area contributed by atoms with E-state index in [4.69, 9.17) is 10.5 Å². The molecular weight excluding hydrogens is 186 g/mol. The Bertz CT molecular complexity index is 359. The van der Waals surface area contributed by atoms with Gasteiger partial charge in [0.1, 0.15) is 0 Å². The van der Waals surface area contributed by atoms with E-state index < -0.39 is 0 Å². The van der Waals surface area contributed by atoms with Crippen molar-refractivity contribution in [3.8, 4) is 0 Å². The van der Waals surface area contributed by atoms with Crippen LogP contribution in [0.3, 0.4) is 0 Å². The standard InChI is InChI=1S/C13H19NO/c1-13(2)11(12(13)14)10-6-4-5-9(7-10)8-15-3/h4-7,11-12H,8,14H2,1-3H3/t11-,12-/m1/s1. The highest BCUT2D eigenvalue weighted by Crippen LogP contribution is 2.57. The van der Waals surface area contributed by atoms with Crippen LogP contribution < -0.4 is 5.73 Å². The fourth-order valence-electron chi connectivity index (χ4n) is 2.36. The van der Waals surface area contributed by atoms with Crippen molar-refractivity contribution in [2.45, 2.75) is 32.4 Å². The van der Waals surface area contributed by atoms with Crippen LogP contribution in [0.1, 0.15) is 30.9 Å². The van der Waals surface area contributed by atoms with E-state index in [2.05, 4.69) is 38.1 Å². The molecule has 1 aliphatic carbocycles. The molecule has 0 spiro atoms. The Labute approximate surface area is 91.4 Å². The number of benzene rings is 1. The zero-order chi connectivity index (χ0) is 11.1. The molecule has 2 atom stereocenters. The number of rotatable bonds is 3. The normalized spacial score (nSPS) is 27.7. The minimum atomic E-state index is 0.256. The Kier molecular flexibility index (Phi) is 2.57. The maximum Gasteiger partial charge on any atom is 0.0713 e. The third kappa shape index (κ3) is 1.80. The fourth-order valence-corrected chi connectivity index (χ4v) is 2.36. The zero-order valence-electron chi connectivity index (χ0n) is 9.66. The zero-order valence-corrected chi connectivity index (χ0v) is 9.66. The molecule has 0 heterocycles. The first-order valence-electron chi connectivity index (χ1n) is 5.40. The smallest absolute Gasteiger partial charge is 0.0713 e. The summed E-state index contributed by atoms with van der Waals surface area (Å²) in [5, 5.41) is 0. The lowest BCUT2D eigenvalue weighted by molar-refractivity contribution is 0.185. The molecule has 2 nitrogen and oxygen atoms in total. The molecule has 0 aromatic heterocycles. The van der Waals surface area contributed by atoms with Gasteiger partial charge in [-0.3, -0.25) is 0 Å². The summed E-state index contributed by atoms with van der Waals surface area (Å²) in [5.41, 5.74) is 8.90. The summed E-state index contributed by atoms with van der Waals surface area (Å²) in [6, 6.07) is 8.86. The first kappa shape index (κ1) is 10.7. The maximum atomic E-state index is 6.07. The Morgan fingerprint density at radius 2 is 2.07 bits per heavy atom. The van der Waals surface area contributed by atoms with E-state index in [1.807, 2.05) is 0 Å². The van der Waals surface area contributed by atoms with E-state index in [0.29, 0.717) is 18.6 Å². The second-order valence-electron chi connectivity index (χ2n) is 5.00. The molecule has 0 aliphatic heterocycles. The van der Waals surface area contributed by atoms with Crippen LogP contribution in [0.15, 0.2) is 24.3 Å². The lowest BCUT2D eigenvalue weighted by atomic mass is 10.0. The Morgan fingerprint density at radius 1 is 1.40 bits per heavy atom. The molecule has 1 aliphatic rings. The van der Waals surface area contributed by atoms with Gasteiger partial charge in [-0.25, -0.2) is 0 Å². The molecule has 0 unspecified atom stereocenters. The van der Waals surface area contributed by atoms with Gasteiger partial charge in [-0.2, -0.15) is 0 Å². The summed E-state index contributed by atoms with van der Waals surface area (Å²) in [7, 11) is 1.72. The van der Waals surface area contributed by atoms with Gasteiger partial charge in [0.15, 0.2) is 0 Å². The van der Waals surface area contributed by atoms with Crippen molar-refractivity contribution in [3.63, 3.8) is 0 Å². The van der Waals surface area contributed by atoms with Crippen LogP contribution in [0, 0.1) is 5.41 Å². The molecule has 1 saturated carbocycles. The average Bonchev–Trinajstić information content (AvgIpc) is 2.67. The Morgan fingerprint density at radius 3 is 2.60 bits per heavy atom. The summed E-state index contributed by atoms with van der Waals surface area (Å²) < 4.78 is 5.13. The molecule has 2 rings (SSSR count). The van der Waals surface area contributed by atoms with Gasteiger partial charge in [0.2, 0.25) is 0 Å². The first-order chi connectivity index (χ1) is 7.07. The molecule has 1 fully saturated rings. The third-order valence-corrected chi connectivity index (χ3v) is 3.53. The van der Waals surface area contributed by atoms with Crippen molar-refractivity contribution in [2.75, 3.05) is 7.11 Å². The quantitative estimate of drug-likeness (QED) is 0.821. The molecule has 1 aromatic carbocycles. The van der Waals surface area contributed by atoms with Crippen molar-refractivity contribution in [1.82, 2.24) is 0 Å². The van der Waals surface area contributed by atoms with E-state index in [-0.39, 0.29) is 5.41 Å². The van der Waals surface area contributed by atoms with E-state index >= 15 is 0 Å². The highest BCUT2D eigenvalue weighted by Gasteiger charge is 2.55. The maximum absolute atomic E-state index is 6.07. The summed E-state index contributed by atoms with van der Waals surface area (Å²) >= 11 is 0. The monoisotopic (exact) mass is 205 g/mol. The average molecular weight is 205 g/mol. The molecule has 1 aromatic rings. The minimum Gasteiger partial charge on any atom is -0.380 e. The fraction of sp³-hybridized carbons (Fsp3) is 0.538. The van der Waals surface area contributed by atoms with Crippen molar-refractivity contribution < 1.29 is 4.74 Å². The molecule has 2 N–H and O–H groups in total. The van der Waals surface area contributed by atoms with Crippen LogP contribution in [0.2, 0.25) is 0 Å². The van der Waals surface area contributed by atoms with Gasteiger partial charge in [-0.15, -0.1) is 0 Å². The van der Waals surface area contributed by atoms with Crippen molar-refractivity contribution >= 4 is 0 Å². The van der Waals surface area contributed by atoms with E-state index in [1.54, 1.807) is 7.11 Å². The molecule has 2 heteroatoms. The molecule has 0 radical (unpaired) electrons. The van der Waals surface area contributed by atoms with E-state index in [9.17, 15) is 0 Å². The van der Waals surface area contributed by atoms with Crippen LogP contribution in [-0.4, -0.2) is 13.2 Å². The second kappa shape index (κ2) is 3.62. The number of methoxy groups -OCH3 is 1. The predicted molar refractivity (Wildman–Crippen MR) is 61.7 cm³/mol. The van der Waals surface area contributed by atoms with E-state index in [0.717, 1.165) is 0 Å². The van der Waals surface area contributed by atoms with Crippen LogP contribution in [-0.2, 0) is 11.3 Å². The molecule has 0 amide bonds. The van der Waals surface area contributed by atoms with Crippen LogP contribution >= 0.6 is 0 Å². The van der Waals surface area contributed by atoms with E-state index in [1.165, 1.54) is 11.1 Å². The number of hydrogen-bond acceptors (Lipinski definition) is 2. The largest absolute Gasteiger partial charge is 0.380 e. The van der Waals surface area contributed by atoms with Gasteiger partial charge in [0, 0.05) is 19.1 Å². The highest BCUT2D eigenvalue weighted by molar-refractivity contribution is 5.36. The first-order valence-corrected chi connectivity index (χ1v) is 5.40. The topological polar surface area (TPSA) is 35.2 Å². The summed E-state index contributed by atoms with van der Waals surface area (Å²) in [5.74, 6) is 0.509.